The minimum atomic E-state index is -4.04. The number of sulfonamides is 1. The first-order valence-corrected chi connectivity index (χ1v) is 9.14. The predicted molar refractivity (Wildman–Crippen MR) is 93.1 cm³/mol. The lowest BCUT2D eigenvalue weighted by Gasteiger charge is -2.16. The van der Waals surface area contributed by atoms with Gasteiger partial charge in [0, 0.05) is 6.07 Å². The molecule has 0 aliphatic carbocycles. The second kappa shape index (κ2) is 7.14. The van der Waals surface area contributed by atoms with E-state index in [9.17, 15) is 18.0 Å². The summed E-state index contributed by atoms with van der Waals surface area (Å²) in [6.07, 6.45) is 0.133. The number of carbonyl (C=O) groups excluding carboxylic acids is 1. The predicted octanol–water partition coefficient (Wildman–Crippen LogP) is 1.18. The lowest BCUT2D eigenvalue weighted by molar-refractivity contribution is -0.142. The molecule has 3 aromatic rings. The Balaban J connectivity index is 1.90. The molecule has 8 nitrogen and oxygen atoms in total. The molecule has 1 aromatic heterocycles. The normalized spacial score (nSPS) is 12.8. The zero-order valence-corrected chi connectivity index (χ0v) is 14.6. The Kier molecular flexibility index (Phi) is 4.92. The second-order valence-corrected chi connectivity index (χ2v) is 7.27. The topological polar surface area (TPSA) is 118 Å². The van der Waals surface area contributed by atoms with Gasteiger partial charge in [0.2, 0.25) is 10.0 Å². The molecule has 0 radical (unpaired) electrons. The zero-order valence-electron chi connectivity index (χ0n) is 13.8. The highest BCUT2D eigenvalue weighted by molar-refractivity contribution is 7.89. The maximum atomic E-state index is 12.7. The molecule has 136 valence electrons. The van der Waals surface area contributed by atoms with E-state index in [1.807, 2.05) is 6.07 Å². The van der Waals surface area contributed by atoms with Gasteiger partial charge in [-0.3, -0.25) is 9.78 Å². The Bertz CT molecular complexity index is 1090. The number of esters is 1. The smallest absolute Gasteiger partial charge is 0.417 e. The van der Waals surface area contributed by atoms with Crippen LogP contribution in [-0.2, 0) is 26.0 Å². The zero-order chi connectivity index (χ0) is 18.7. The number of oxazole rings is 1. The number of fused-ring (bicyclic) bond motifs is 1. The molecule has 9 heteroatoms. The molecule has 2 aromatic carbocycles. The van der Waals surface area contributed by atoms with E-state index >= 15 is 0 Å². The van der Waals surface area contributed by atoms with Gasteiger partial charge in [-0.1, -0.05) is 30.3 Å². The molecular weight excluding hydrogens is 360 g/mol. The third-order valence-corrected chi connectivity index (χ3v) is 5.24. The summed E-state index contributed by atoms with van der Waals surface area (Å²) in [7, 11) is -2.85. The summed E-state index contributed by atoms with van der Waals surface area (Å²) in [5, 5.41) is 0. The molecule has 0 fully saturated rings. The van der Waals surface area contributed by atoms with Gasteiger partial charge in [-0.25, -0.2) is 13.2 Å². The molecule has 0 saturated carbocycles. The minimum absolute atomic E-state index is 0.107. The van der Waals surface area contributed by atoms with Crippen LogP contribution in [0.2, 0.25) is 0 Å². The van der Waals surface area contributed by atoms with Crippen LogP contribution >= 0.6 is 0 Å². The molecule has 0 bridgehead atoms. The van der Waals surface area contributed by atoms with Crippen molar-refractivity contribution >= 4 is 27.1 Å². The van der Waals surface area contributed by atoms with E-state index in [2.05, 4.69) is 9.71 Å². The standard InChI is InChI=1S/C17H16N2O6S/c1-24-16(20)14(9-11-5-3-2-4-6-11)19-26(22,23)12-7-8-13-15(10-12)25-17(21)18-13/h2-8,10,14,19H,9H2,1H3,(H,18,21). The van der Waals surface area contributed by atoms with Crippen LogP contribution in [0.1, 0.15) is 5.56 Å². The highest BCUT2D eigenvalue weighted by atomic mass is 32.2. The summed E-state index contributed by atoms with van der Waals surface area (Å²) in [6.45, 7) is 0. The number of methoxy groups -OCH3 is 1. The Morgan fingerprint density at radius 1 is 1.23 bits per heavy atom. The van der Waals surface area contributed by atoms with Crippen molar-refractivity contribution in [1.82, 2.24) is 9.71 Å². The maximum Gasteiger partial charge on any atom is 0.417 e. The molecule has 26 heavy (non-hydrogen) atoms. The lowest BCUT2D eigenvalue weighted by Crippen LogP contribution is -2.42. The summed E-state index contributed by atoms with van der Waals surface area (Å²) >= 11 is 0. The van der Waals surface area contributed by atoms with E-state index in [0.29, 0.717) is 5.52 Å². The van der Waals surface area contributed by atoms with Crippen LogP contribution in [-0.4, -0.2) is 32.5 Å². The van der Waals surface area contributed by atoms with Crippen LogP contribution in [0.3, 0.4) is 0 Å². The summed E-state index contributed by atoms with van der Waals surface area (Å²) in [5.74, 6) is -1.38. The highest BCUT2D eigenvalue weighted by Crippen LogP contribution is 2.17. The van der Waals surface area contributed by atoms with Crippen molar-refractivity contribution in [3.05, 3.63) is 64.6 Å². The van der Waals surface area contributed by atoms with E-state index in [-0.39, 0.29) is 16.9 Å². The van der Waals surface area contributed by atoms with Gasteiger partial charge in [0.05, 0.1) is 17.5 Å². The third-order valence-electron chi connectivity index (χ3n) is 3.77. The Labute approximate surface area is 148 Å². The number of rotatable bonds is 6. The Hall–Kier alpha value is -2.91. The molecule has 1 unspecified atom stereocenters. The molecule has 3 rings (SSSR count). The fraction of sp³-hybridized carbons (Fsp3) is 0.176. The van der Waals surface area contributed by atoms with E-state index in [4.69, 9.17) is 9.15 Å². The Morgan fingerprint density at radius 2 is 1.96 bits per heavy atom. The van der Waals surface area contributed by atoms with Gasteiger partial charge in [0.15, 0.2) is 5.58 Å². The van der Waals surface area contributed by atoms with Gasteiger partial charge in [0.25, 0.3) is 0 Å². The lowest BCUT2D eigenvalue weighted by atomic mass is 10.1. The van der Waals surface area contributed by atoms with Crippen molar-refractivity contribution in [1.29, 1.82) is 0 Å². The van der Waals surface area contributed by atoms with Crippen molar-refractivity contribution in [2.24, 2.45) is 0 Å². The maximum absolute atomic E-state index is 12.7. The largest absolute Gasteiger partial charge is 0.468 e. The van der Waals surface area contributed by atoms with Crippen molar-refractivity contribution in [2.45, 2.75) is 17.4 Å². The van der Waals surface area contributed by atoms with Gasteiger partial charge >= 0.3 is 11.7 Å². The molecule has 0 aliphatic rings. The molecular formula is C17H16N2O6S. The SMILES string of the molecule is COC(=O)C(Cc1ccccc1)NS(=O)(=O)c1ccc2[nH]c(=O)oc2c1. The molecule has 0 spiro atoms. The van der Waals surface area contributed by atoms with Crippen LogP contribution < -0.4 is 10.5 Å². The summed E-state index contributed by atoms with van der Waals surface area (Å²) in [6, 6.07) is 11.8. The fourth-order valence-electron chi connectivity index (χ4n) is 2.51. The van der Waals surface area contributed by atoms with Crippen molar-refractivity contribution in [2.75, 3.05) is 7.11 Å². The van der Waals surface area contributed by atoms with E-state index in [1.165, 1.54) is 25.3 Å². The monoisotopic (exact) mass is 376 g/mol. The quantitative estimate of drug-likeness (QED) is 0.624. The van der Waals surface area contributed by atoms with Gasteiger partial charge in [0.1, 0.15) is 6.04 Å². The highest BCUT2D eigenvalue weighted by Gasteiger charge is 2.27. The molecule has 0 amide bonds. The van der Waals surface area contributed by atoms with Crippen LogP contribution in [0.25, 0.3) is 11.1 Å². The number of aromatic nitrogens is 1. The summed E-state index contributed by atoms with van der Waals surface area (Å²) < 4.78 is 37.2. The average Bonchev–Trinajstić information content (AvgIpc) is 3.00. The number of hydrogen-bond donors (Lipinski definition) is 2. The third kappa shape index (κ3) is 3.84. The number of benzene rings is 2. The fourth-order valence-corrected chi connectivity index (χ4v) is 3.71. The number of carbonyl (C=O) groups is 1. The first kappa shape index (κ1) is 17.9. The number of nitrogens with one attached hydrogen (secondary N) is 2. The summed E-state index contributed by atoms with van der Waals surface area (Å²) in [4.78, 5) is 25.5. The number of ether oxygens (including phenoxy) is 1. The molecule has 1 heterocycles. The molecule has 1 atom stereocenters. The van der Waals surface area contributed by atoms with Crippen LogP contribution in [0, 0.1) is 0 Å². The van der Waals surface area contributed by atoms with Crippen molar-refractivity contribution in [3.63, 3.8) is 0 Å². The molecule has 2 N–H and O–H groups in total. The average molecular weight is 376 g/mol. The van der Waals surface area contributed by atoms with Crippen LogP contribution in [0.4, 0.5) is 0 Å². The van der Waals surface area contributed by atoms with Crippen molar-refractivity contribution in [3.8, 4) is 0 Å². The second-order valence-electron chi connectivity index (χ2n) is 5.56. The van der Waals surface area contributed by atoms with E-state index in [0.717, 1.165) is 5.56 Å². The first-order chi connectivity index (χ1) is 12.4. The molecule has 0 aliphatic heterocycles. The molecule has 0 saturated heterocycles. The van der Waals surface area contributed by atoms with E-state index in [1.54, 1.807) is 24.3 Å². The van der Waals surface area contributed by atoms with Crippen molar-refractivity contribution < 1.29 is 22.4 Å². The summed E-state index contributed by atoms with van der Waals surface area (Å²) in [5.41, 5.74) is 1.26. The Morgan fingerprint density at radius 3 is 2.65 bits per heavy atom. The van der Waals surface area contributed by atoms with Gasteiger partial charge in [-0.15, -0.1) is 0 Å². The van der Waals surface area contributed by atoms with Gasteiger partial charge in [-0.2, -0.15) is 4.72 Å². The van der Waals surface area contributed by atoms with Crippen LogP contribution in [0.15, 0.2) is 62.6 Å². The number of aromatic amines is 1. The minimum Gasteiger partial charge on any atom is -0.468 e. The van der Waals surface area contributed by atoms with Gasteiger partial charge < -0.3 is 9.15 Å². The van der Waals surface area contributed by atoms with E-state index < -0.39 is 27.8 Å². The van der Waals surface area contributed by atoms with Crippen LogP contribution in [0.5, 0.6) is 0 Å². The first-order valence-electron chi connectivity index (χ1n) is 7.66. The van der Waals surface area contributed by atoms with Gasteiger partial charge in [-0.05, 0) is 24.1 Å². The number of hydrogen-bond acceptors (Lipinski definition) is 6. The number of H-pyrrole nitrogens is 1.